The lowest BCUT2D eigenvalue weighted by Crippen LogP contribution is -2.32. The lowest BCUT2D eigenvalue weighted by atomic mass is 9.94. The molecule has 1 aliphatic rings. The highest BCUT2D eigenvalue weighted by atomic mass is 16.5. The van der Waals surface area contributed by atoms with Crippen molar-refractivity contribution in [2.75, 3.05) is 12.4 Å². The van der Waals surface area contributed by atoms with Gasteiger partial charge in [-0.15, -0.1) is 5.10 Å². The first-order valence-corrected chi connectivity index (χ1v) is 8.52. The third-order valence-corrected chi connectivity index (χ3v) is 4.58. The topological polar surface area (TPSA) is 95.1 Å². The Morgan fingerprint density at radius 3 is 2.56 bits per heavy atom. The summed E-state index contributed by atoms with van der Waals surface area (Å²) in [5.74, 6) is 1.25. The van der Waals surface area contributed by atoms with Crippen LogP contribution in [-0.4, -0.2) is 27.8 Å². The van der Waals surface area contributed by atoms with Crippen molar-refractivity contribution < 1.29 is 9.53 Å². The highest BCUT2D eigenvalue weighted by molar-refractivity contribution is 5.95. The SMILES string of the molecule is COc1ccccc1C1C(C(N)=O)=C(C)Nc2nc(-c3ccccc3)nn21. The molecule has 3 aromatic rings. The molecule has 4 rings (SSSR count). The number of ether oxygens (including phenoxy) is 1. The number of nitrogens with zero attached hydrogens (tertiary/aromatic N) is 3. The number of nitrogens with two attached hydrogens (primary N) is 1. The van der Waals surface area contributed by atoms with Gasteiger partial charge in [-0.25, -0.2) is 4.68 Å². The minimum Gasteiger partial charge on any atom is -0.496 e. The van der Waals surface area contributed by atoms with Crippen LogP contribution in [0.25, 0.3) is 11.4 Å². The fraction of sp³-hybridized carbons (Fsp3) is 0.150. The molecule has 1 amide bonds. The van der Waals surface area contributed by atoms with Gasteiger partial charge >= 0.3 is 0 Å². The van der Waals surface area contributed by atoms with E-state index >= 15 is 0 Å². The van der Waals surface area contributed by atoms with Crippen molar-refractivity contribution in [1.82, 2.24) is 14.8 Å². The summed E-state index contributed by atoms with van der Waals surface area (Å²) in [5, 5.41) is 7.81. The van der Waals surface area contributed by atoms with Crippen LogP contribution in [0, 0.1) is 0 Å². The Hall–Kier alpha value is -3.61. The van der Waals surface area contributed by atoms with Crippen LogP contribution in [0.4, 0.5) is 5.95 Å². The number of hydrogen-bond acceptors (Lipinski definition) is 5. The van der Waals surface area contributed by atoms with Gasteiger partial charge in [0.25, 0.3) is 0 Å². The summed E-state index contributed by atoms with van der Waals surface area (Å²) in [6.45, 7) is 1.81. The van der Waals surface area contributed by atoms with E-state index in [2.05, 4.69) is 15.4 Å². The van der Waals surface area contributed by atoms with E-state index in [1.54, 1.807) is 11.8 Å². The number of aromatic nitrogens is 3. The van der Waals surface area contributed by atoms with E-state index in [0.29, 0.717) is 28.8 Å². The summed E-state index contributed by atoms with van der Waals surface area (Å²) in [7, 11) is 1.60. The molecular formula is C20H19N5O2. The standard InChI is InChI=1S/C20H19N5O2/c1-12-16(18(21)26)17(14-10-6-7-11-15(14)27-2)25-20(22-12)23-19(24-25)13-8-4-3-5-9-13/h3-11,17H,1-2H3,(H2,21,26)(H,22,23,24). The minimum absolute atomic E-state index is 0.427. The number of para-hydroxylation sites is 1. The number of benzene rings is 2. The zero-order chi connectivity index (χ0) is 19.0. The maximum absolute atomic E-state index is 12.3. The van der Waals surface area contributed by atoms with Crippen LogP contribution in [0.5, 0.6) is 5.75 Å². The molecule has 0 fully saturated rings. The van der Waals surface area contributed by atoms with Gasteiger partial charge in [-0.2, -0.15) is 4.98 Å². The van der Waals surface area contributed by atoms with Gasteiger partial charge < -0.3 is 15.8 Å². The molecule has 0 saturated heterocycles. The third kappa shape index (κ3) is 2.83. The molecule has 0 spiro atoms. The molecule has 7 heteroatoms. The predicted octanol–water partition coefficient (Wildman–Crippen LogP) is 2.73. The zero-order valence-electron chi connectivity index (χ0n) is 15.0. The van der Waals surface area contributed by atoms with Crippen LogP contribution in [-0.2, 0) is 4.79 Å². The average Bonchev–Trinajstić information content (AvgIpc) is 3.11. The number of allylic oxidation sites excluding steroid dienone is 1. The van der Waals surface area contributed by atoms with E-state index in [1.807, 2.05) is 61.5 Å². The normalized spacial score (nSPS) is 15.9. The average molecular weight is 361 g/mol. The monoisotopic (exact) mass is 361 g/mol. The first-order valence-electron chi connectivity index (χ1n) is 8.52. The van der Waals surface area contributed by atoms with Crippen LogP contribution in [0.15, 0.2) is 65.9 Å². The lowest BCUT2D eigenvalue weighted by Gasteiger charge is -2.28. The summed E-state index contributed by atoms with van der Waals surface area (Å²) in [6.07, 6.45) is 0. The smallest absolute Gasteiger partial charge is 0.248 e. The van der Waals surface area contributed by atoms with E-state index in [-0.39, 0.29) is 0 Å². The van der Waals surface area contributed by atoms with Gasteiger partial charge in [-0.05, 0) is 13.0 Å². The van der Waals surface area contributed by atoms with Gasteiger partial charge in [0.1, 0.15) is 11.8 Å². The molecule has 1 unspecified atom stereocenters. The van der Waals surface area contributed by atoms with Crippen molar-refractivity contribution >= 4 is 11.9 Å². The Labute approximate surface area is 156 Å². The number of amides is 1. The maximum atomic E-state index is 12.3. The van der Waals surface area contributed by atoms with Crippen molar-refractivity contribution in [2.45, 2.75) is 13.0 Å². The molecule has 7 nitrogen and oxygen atoms in total. The highest BCUT2D eigenvalue weighted by Gasteiger charge is 2.34. The Bertz CT molecular complexity index is 1040. The molecule has 1 aromatic heterocycles. The Morgan fingerprint density at radius 1 is 1.15 bits per heavy atom. The van der Waals surface area contributed by atoms with Gasteiger partial charge in [0.15, 0.2) is 5.82 Å². The second-order valence-corrected chi connectivity index (χ2v) is 6.24. The summed E-state index contributed by atoms with van der Waals surface area (Å²) < 4.78 is 7.20. The summed E-state index contributed by atoms with van der Waals surface area (Å²) in [4.78, 5) is 16.9. The number of carbonyl (C=O) groups is 1. The van der Waals surface area contributed by atoms with Crippen molar-refractivity contribution in [2.24, 2.45) is 5.73 Å². The fourth-order valence-electron chi connectivity index (χ4n) is 3.36. The van der Waals surface area contributed by atoms with Crippen LogP contribution in [0.3, 0.4) is 0 Å². The summed E-state index contributed by atoms with van der Waals surface area (Å²) in [5.41, 5.74) is 8.47. The van der Waals surface area contributed by atoms with Crippen LogP contribution >= 0.6 is 0 Å². The van der Waals surface area contributed by atoms with Crippen molar-refractivity contribution in [3.8, 4) is 17.1 Å². The molecule has 0 aliphatic carbocycles. The van der Waals surface area contributed by atoms with Gasteiger partial charge in [-0.3, -0.25) is 4.79 Å². The van der Waals surface area contributed by atoms with Gasteiger partial charge in [-0.1, -0.05) is 48.5 Å². The predicted molar refractivity (Wildman–Crippen MR) is 102 cm³/mol. The number of fused-ring (bicyclic) bond motifs is 1. The third-order valence-electron chi connectivity index (χ3n) is 4.58. The molecule has 1 aliphatic heterocycles. The van der Waals surface area contributed by atoms with Gasteiger partial charge in [0, 0.05) is 16.8 Å². The molecule has 3 N–H and O–H groups in total. The van der Waals surface area contributed by atoms with Crippen LogP contribution < -0.4 is 15.8 Å². The van der Waals surface area contributed by atoms with Gasteiger partial charge in [0.2, 0.25) is 11.9 Å². The molecule has 27 heavy (non-hydrogen) atoms. The number of methoxy groups -OCH3 is 1. The fourth-order valence-corrected chi connectivity index (χ4v) is 3.36. The van der Waals surface area contributed by atoms with E-state index in [4.69, 9.17) is 10.5 Å². The zero-order valence-corrected chi connectivity index (χ0v) is 15.0. The maximum Gasteiger partial charge on any atom is 0.248 e. The highest BCUT2D eigenvalue weighted by Crippen LogP contribution is 2.39. The number of nitrogens with one attached hydrogen (secondary N) is 1. The largest absolute Gasteiger partial charge is 0.496 e. The Balaban J connectivity index is 1.92. The Kier molecular flexibility index (Phi) is 4.12. The van der Waals surface area contributed by atoms with Crippen LogP contribution in [0.2, 0.25) is 0 Å². The van der Waals surface area contributed by atoms with E-state index in [9.17, 15) is 4.79 Å². The van der Waals surface area contributed by atoms with Crippen LogP contribution in [0.1, 0.15) is 18.5 Å². The summed E-state index contributed by atoms with van der Waals surface area (Å²) in [6, 6.07) is 16.7. The minimum atomic E-state index is -0.528. The number of carbonyl (C=O) groups excluding carboxylic acids is 1. The number of anilines is 1. The second kappa shape index (κ2) is 6.60. The quantitative estimate of drug-likeness (QED) is 0.745. The number of hydrogen-bond donors (Lipinski definition) is 2. The number of primary amides is 1. The molecule has 2 heterocycles. The second-order valence-electron chi connectivity index (χ2n) is 6.24. The van der Waals surface area contributed by atoms with Crippen molar-refractivity contribution in [1.29, 1.82) is 0 Å². The number of rotatable bonds is 4. The van der Waals surface area contributed by atoms with E-state index in [1.165, 1.54) is 0 Å². The van der Waals surface area contributed by atoms with Gasteiger partial charge in [0.05, 0.1) is 12.7 Å². The lowest BCUT2D eigenvalue weighted by molar-refractivity contribution is -0.115. The first-order chi connectivity index (χ1) is 13.1. The van der Waals surface area contributed by atoms with E-state index < -0.39 is 11.9 Å². The molecule has 2 aromatic carbocycles. The molecule has 1 atom stereocenters. The first kappa shape index (κ1) is 16.8. The van der Waals surface area contributed by atoms with Crippen molar-refractivity contribution in [3.05, 3.63) is 71.4 Å². The molecule has 0 bridgehead atoms. The molecule has 0 radical (unpaired) electrons. The summed E-state index contributed by atoms with van der Waals surface area (Å²) >= 11 is 0. The molecular weight excluding hydrogens is 342 g/mol. The molecule has 136 valence electrons. The van der Waals surface area contributed by atoms with Crippen molar-refractivity contribution in [3.63, 3.8) is 0 Å². The Morgan fingerprint density at radius 2 is 1.85 bits per heavy atom. The molecule has 0 saturated carbocycles. The van der Waals surface area contributed by atoms with E-state index in [0.717, 1.165) is 11.1 Å².